The molecule has 2 aromatic heterocycles. The van der Waals surface area contributed by atoms with Crippen LogP contribution in [0.3, 0.4) is 0 Å². The van der Waals surface area contributed by atoms with Crippen molar-refractivity contribution in [3.05, 3.63) is 63.0 Å². The molecule has 1 saturated carbocycles. The van der Waals surface area contributed by atoms with Gasteiger partial charge in [0.1, 0.15) is 10.8 Å². The number of halogens is 5. The van der Waals surface area contributed by atoms with Crippen LogP contribution in [0.25, 0.3) is 10.9 Å². The molecule has 4 rings (SSSR count). The number of hydrogen-bond donors (Lipinski definition) is 2. The third kappa shape index (κ3) is 5.98. The molecule has 1 amide bonds. The van der Waals surface area contributed by atoms with Crippen molar-refractivity contribution in [3.63, 3.8) is 0 Å². The van der Waals surface area contributed by atoms with Gasteiger partial charge in [-0.05, 0) is 81.3 Å². The van der Waals surface area contributed by atoms with Crippen LogP contribution >= 0.6 is 23.2 Å². The van der Waals surface area contributed by atoms with Gasteiger partial charge in [-0.1, -0.05) is 23.2 Å². The molecule has 0 unspecified atom stereocenters. The van der Waals surface area contributed by atoms with Gasteiger partial charge in [0.05, 0.1) is 11.1 Å². The van der Waals surface area contributed by atoms with Crippen LogP contribution in [0.2, 0.25) is 10.2 Å². The first-order valence-corrected chi connectivity index (χ1v) is 12.1. The Morgan fingerprint density at radius 3 is 2.43 bits per heavy atom. The first kappa shape index (κ1) is 25.5. The van der Waals surface area contributed by atoms with Crippen LogP contribution in [-0.4, -0.2) is 28.5 Å². The van der Waals surface area contributed by atoms with E-state index in [0.717, 1.165) is 43.0 Å². The Morgan fingerprint density at radius 1 is 1.06 bits per heavy atom. The maximum atomic E-state index is 13.3. The zero-order valence-corrected chi connectivity index (χ0v) is 20.8. The van der Waals surface area contributed by atoms with Crippen molar-refractivity contribution in [1.29, 1.82) is 0 Å². The van der Waals surface area contributed by atoms with Crippen molar-refractivity contribution < 1.29 is 18.0 Å². The fourth-order valence-electron chi connectivity index (χ4n) is 4.58. The lowest BCUT2D eigenvalue weighted by atomic mass is 9.85. The average molecular weight is 525 g/mol. The number of aromatic nitrogens is 2. The van der Waals surface area contributed by atoms with E-state index < -0.39 is 11.9 Å². The number of anilines is 1. The van der Waals surface area contributed by atoms with E-state index >= 15 is 0 Å². The van der Waals surface area contributed by atoms with Gasteiger partial charge in [-0.15, -0.1) is 0 Å². The first-order valence-electron chi connectivity index (χ1n) is 11.4. The van der Waals surface area contributed by atoms with Gasteiger partial charge < -0.3 is 10.6 Å². The van der Waals surface area contributed by atoms with Gasteiger partial charge in [0.2, 0.25) is 0 Å². The highest BCUT2D eigenvalue weighted by Gasteiger charge is 2.33. The molecule has 1 aliphatic carbocycles. The molecule has 1 fully saturated rings. The monoisotopic (exact) mass is 524 g/mol. The number of nitrogens with zero attached hydrogens (tertiary/aromatic N) is 2. The Balaban J connectivity index is 1.39. The minimum Gasteiger partial charge on any atom is -0.384 e. The second-order valence-electron chi connectivity index (χ2n) is 9.03. The minimum atomic E-state index is -4.55. The zero-order chi connectivity index (χ0) is 25.3. The molecule has 35 heavy (non-hydrogen) atoms. The molecular weight excluding hydrogens is 500 g/mol. The number of carbonyl (C=O) groups is 1. The van der Waals surface area contributed by atoms with Crippen molar-refractivity contribution in [3.8, 4) is 0 Å². The van der Waals surface area contributed by atoms with Crippen molar-refractivity contribution in [2.45, 2.75) is 51.7 Å². The molecule has 2 N–H and O–H groups in total. The second-order valence-corrected chi connectivity index (χ2v) is 9.83. The standard InChI is InChI=1S/C25H25Cl2F3N4O/c1-13-9-14(2)32-23(27)22(13)24(35)33-17-6-3-15(4-7-17)12-31-20-11-21(25(28,29)30)34-19-8-5-16(26)10-18(19)20/h5,8-11,15,17H,3-4,6-7,12H2,1-2H3,(H,31,34)(H,33,35)/t15-,17+. The number of amides is 1. The maximum absolute atomic E-state index is 13.3. The van der Waals surface area contributed by atoms with Crippen LogP contribution < -0.4 is 10.6 Å². The molecular formula is C25H25Cl2F3N4O. The summed E-state index contributed by atoms with van der Waals surface area (Å²) in [4.78, 5) is 20.7. The molecule has 0 spiro atoms. The summed E-state index contributed by atoms with van der Waals surface area (Å²) in [5.74, 6) is 0.0210. The van der Waals surface area contributed by atoms with Gasteiger partial charge in [-0.3, -0.25) is 4.79 Å². The summed E-state index contributed by atoms with van der Waals surface area (Å²) < 4.78 is 40.0. The third-order valence-electron chi connectivity index (χ3n) is 6.35. The number of fused-ring (bicyclic) bond motifs is 1. The van der Waals surface area contributed by atoms with Crippen LogP contribution in [0.4, 0.5) is 18.9 Å². The summed E-state index contributed by atoms with van der Waals surface area (Å²) in [5.41, 5.74) is 1.57. The molecule has 0 bridgehead atoms. The Hall–Kier alpha value is -2.58. The van der Waals surface area contributed by atoms with Gasteiger partial charge in [0, 0.05) is 34.4 Å². The smallest absolute Gasteiger partial charge is 0.384 e. The van der Waals surface area contributed by atoms with Gasteiger partial charge in [-0.2, -0.15) is 13.2 Å². The quantitative estimate of drug-likeness (QED) is 0.353. The number of hydrogen-bond acceptors (Lipinski definition) is 4. The Labute approximate surface area is 211 Å². The largest absolute Gasteiger partial charge is 0.433 e. The van der Waals surface area contributed by atoms with Crippen LogP contribution in [0.15, 0.2) is 30.3 Å². The Bertz CT molecular complexity index is 1230. The van der Waals surface area contributed by atoms with E-state index in [1.807, 2.05) is 19.9 Å². The number of aryl methyl sites for hydroxylation is 2. The summed E-state index contributed by atoms with van der Waals surface area (Å²) in [6.07, 6.45) is -1.36. The molecule has 186 valence electrons. The molecule has 1 aliphatic rings. The fourth-order valence-corrected chi connectivity index (χ4v) is 5.12. The molecule has 0 saturated heterocycles. The molecule has 0 atom stereocenters. The lowest BCUT2D eigenvalue weighted by Gasteiger charge is -2.30. The first-order chi connectivity index (χ1) is 16.5. The van der Waals surface area contributed by atoms with Crippen LogP contribution in [-0.2, 0) is 6.18 Å². The van der Waals surface area contributed by atoms with Crippen molar-refractivity contribution >= 4 is 45.7 Å². The zero-order valence-electron chi connectivity index (χ0n) is 19.3. The number of nitrogens with one attached hydrogen (secondary N) is 2. The fraction of sp³-hybridized carbons (Fsp3) is 0.400. The van der Waals surface area contributed by atoms with E-state index in [2.05, 4.69) is 20.6 Å². The van der Waals surface area contributed by atoms with Gasteiger partial charge in [0.25, 0.3) is 5.91 Å². The normalized spacial score (nSPS) is 18.5. The summed E-state index contributed by atoms with van der Waals surface area (Å²) >= 11 is 12.3. The van der Waals surface area contributed by atoms with E-state index in [0.29, 0.717) is 28.2 Å². The predicted molar refractivity (Wildman–Crippen MR) is 132 cm³/mol. The molecule has 5 nitrogen and oxygen atoms in total. The molecule has 10 heteroatoms. The maximum Gasteiger partial charge on any atom is 0.433 e. The lowest BCUT2D eigenvalue weighted by Crippen LogP contribution is -2.39. The van der Waals surface area contributed by atoms with Gasteiger partial charge >= 0.3 is 6.18 Å². The van der Waals surface area contributed by atoms with Crippen LogP contribution in [0.5, 0.6) is 0 Å². The molecule has 0 radical (unpaired) electrons. The topological polar surface area (TPSA) is 66.9 Å². The third-order valence-corrected chi connectivity index (χ3v) is 6.86. The highest BCUT2D eigenvalue weighted by Crippen LogP contribution is 2.35. The molecule has 3 aromatic rings. The summed E-state index contributed by atoms with van der Waals surface area (Å²) in [5, 5.41) is 7.41. The van der Waals surface area contributed by atoms with E-state index in [9.17, 15) is 18.0 Å². The minimum absolute atomic E-state index is 0.00733. The van der Waals surface area contributed by atoms with Crippen molar-refractivity contribution in [1.82, 2.24) is 15.3 Å². The Morgan fingerprint density at radius 2 is 1.77 bits per heavy atom. The Kier molecular flexibility index (Phi) is 7.43. The summed E-state index contributed by atoms with van der Waals surface area (Å²) in [6, 6.07) is 7.50. The highest BCUT2D eigenvalue weighted by atomic mass is 35.5. The molecule has 2 heterocycles. The van der Waals surface area contributed by atoms with Crippen LogP contribution in [0.1, 0.15) is 53.0 Å². The SMILES string of the molecule is Cc1cc(C)c(C(=O)N[C@H]2CC[C@@H](CNc3cc(C(F)(F)F)nc4ccc(Cl)cc34)CC2)c(Cl)n1. The van der Waals surface area contributed by atoms with E-state index in [-0.39, 0.29) is 28.5 Å². The number of pyridine rings is 2. The number of alkyl halides is 3. The molecule has 1 aromatic carbocycles. The average Bonchev–Trinajstić information content (AvgIpc) is 2.77. The van der Waals surface area contributed by atoms with Gasteiger partial charge in [-0.25, -0.2) is 9.97 Å². The van der Waals surface area contributed by atoms with Gasteiger partial charge in [0.15, 0.2) is 0 Å². The van der Waals surface area contributed by atoms with Crippen LogP contribution in [0, 0.1) is 19.8 Å². The molecule has 0 aliphatic heterocycles. The summed E-state index contributed by atoms with van der Waals surface area (Å²) in [7, 11) is 0. The lowest BCUT2D eigenvalue weighted by molar-refractivity contribution is -0.140. The van der Waals surface area contributed by atoms with E-state index in [1.54, 1.807) is 6.07 Å². The predicted octanol–water partition coefficient (Wildman–Crippen LogP) is 6.97. The number of rotatable bonds is 5. The second kappa shape index (κ2) is 10.2. The van der Waals surface area contributed by atoms with E-state index in [1.165, 1.54) is 12.1 Å². The van der Waals surface area contributed by atoms with Crippen molar-refractivity contribution in [2.75, 3.05) is 11.9 Å². The number of benzene rings is 1. The van der Waals surface area contributed by atoms with E-state index in [4.69, 9.17) is 23.2 Å². The summed E-state index contributed by atoms with van der Waals surface area (Å²) in [6.45, 7) is 4.16. The highest BCUT2D eigenvalue weighted by molar-refractivity contribution is 6.33. The van der Waals surface area contributed by atoms with Crippen molar-refractivity contribution in [2.24, 2.45) is 5.92 Å². The number of carbonyl (C=O) groups excluding carboxylic acids is 1.